The monoisotopic (exact) mass is 238 g/mol. The molecule has 16 heavy (non-hydrogen) atoms. The van der Waals surface area contributed by atoms with Crippen molar-refractivity contribution in [2.75, 3.05) is 5.32 Å². The van der Waals surface area contributed by atoms with E-state index in [-0.39, 0.29) is 5.69 Å². The first-order valence-corrected chi connectivity index (χ1v) is 5.51. The van der Waals surface area contributed by atoms with Crippen LogP contribution in [0.2, 0.25) is 0 Å². The first-order chi connectivity index (χ1) is 7.66. The fourth-order valence-corrected chi connectivity index (χ4v) is 1.94. The van der Waals surface area contributed by atoms with E-state index >= 15 is 0 Å². The van der Waals surface area contributed by atoms with Crippen LogP contribution in [0, 0.1) is 6.92 Å². The number of furan rings is 1. The molecule has 0 aliphatic rings. The van der Waals surface area contributed by atoms with Crippen molar-refractivity contribution in [2.24, 2.45) is 0 Å². The molecule has 6 heteroatoms. The molecular formula is C10H10N2O3S. The summed E-state index contributed by atoms with van der Waals surface area (Å²) in [6, 6.07) is 3.71. The number of anilines is 1. The number of carbonyl (C=O) groups is 1. The van der Waals surface area contributed by atoms with Crippen molar-refractivity contribution in [1.82, 2.24) is 4.98 Å². The molecule has 0 spiro atoms. The maximum absolute atomic E-state index is 10.8. The molecule has 0 fully saturated rings. The zero-order valence-electron chi connectivity index (χ0n) is 8.56. The van der Waals surface area contributed by atoms with Crippen LogP contribution in [0.5, 0.6) is 0 Å². The first kappa shape index (κ1) is 10.7. The van der Waals surface area contributed by atoms with Gasteiger partial charge in [-0.3, -0.25) is 0 Å². The highest BCUT2D eigenvalue weighted by Crippen LogP contribution is 2.21. The maximum Gasteiger partial charge on any atom is 0.357 e. The zero-order chi connectivity index (χ0) is 11.5. The van der Waals surface area contributed by atoms with Gasteiger partial charge in [0.2, 0.25) is 0 Å². The smallest absolute Gasteiger partial charge is 0.357 e. The largest absolute Gasteiger partial charge is 0.476 e. The predicted octanol–water partition coefficient (Wildman–Crippen LogP) is 2.35. The second kappa shape index (κ2) is 4.36. The number of nitrogens with zero attached hydrogens (tertiary/aromatic N) is 1. The van der Waals surface area contributed by atoms with Crippen molar-refractivity contribution < 1.29 is 14.3 Å². The number of carboxylic acid groups (broad SMARTS) is 1. The van der Waals surface area contributed by atoms with Crippen LogP contribution in [-0.4, -0.2) is 16.1 Å². The summed E-state index contributed by atoms with van der Waals surface area (Å²) in [5.74, 6) is 0.571. The van der Waals surface area contributed by atoms with Crippen LogP contribution in [0.1, 0.15) is 22.0 Å². The molecule has 2 aromatic rings. The van der Waals surface area contributed by atoms with Gasteiger partial charge >= 0.3 is 5.97 Å². The van der Waals surface area contributed by atoms with Gasteiger partial charge in [-0.15, -0.1) is 11.3 Å². The maximum atomic E-state index is 10.8. The molecule has 0 saturated heterocycles. The van der Waals surface area contributed by atoms with Gasteiger partial charge in [-0.05, 0) is 19.1 Å². The summed E-state index contributed by atoms with van der Waals surface area (Å²) < 4.78 is 5.36. The third-order valence-electron chi connectivity index (χ3n) is 1.99. The van der Waals surface area contributed by atoms with Gasteiger partial charge < -0.3 is 14.8 Å². The molecule has 2 N–H and O–H groups in total. The van der Waals surface area contributed by atoms with Crippen molar-refractivity contribution in [3.05, 3.63) is 34.9 Å². The highest BCUT2D eigenvalue weighted by Gasteiger charge is 2.13. The van der Waals surface area contributed by atoms with E-state index in [1.807, 2.05) is 19.1 Å². The molecule has 0 aliphatic carbocycles. The van der Waals surface area contributed by atoms with Crippen LogP contribution in [0.25, 0.3) is 0 Å². The molecular weight excluding hydrogens is 228 g/mol. The zero-order valence-corrected chi connectivity index (χ0v) is 9.37. The summed E-state index contributed by atoms with van der Waals surface area (Å²) in [6.45, 7) is 2.31. The summed E-state index contributed by atoms with van der Waals surface area (Å²) in [4.78, 5) is 14.5. The van der Waals surface area contributed by atoms with E-state index in [0.29, 0.717) is 11.5 Å². The van der Waals surface area contributed by atoms with Gasteiger partial charge in [-0.1, -0.05) is 0 Å². The minimum atomic E-state index is -1.03. The highest BCUT2D eigenvalue weighted by atomic mass is 32.1. The number of hydrogen-bond donors (Lipinski definition) is 2. The number of nitrogens with one attached hydrogen (secondary N) is 1. The SMILES string of the molecule is Cc1ccc(CNc2scnc2C(=O)O)o1. The second-order valence-corrected chi connectivity index (χ2v) is 4.06. The van der Waals surface area contributed by atoms with E-state index in [1.165, 1.54) is 16.8 Å². The third kappa shape index (κ3) is 2.22. The number of hydrogen-bond acceptors (Lipinski definition) is 5. The Balaban J connectivity index is 2.04. The molecule has 2 heterocycles. The Morgan fingerprint density at radius 1 is 1.62 bits per heavy atom. The number of thiazole rings is 1. The van der Waals surface area contributed by atoms with Gasteiger partial charge in [0, 0.05) is 0 Å². The summed E-state index contributed by atoms with van der Waals surface area (Å²) in [7, 11) is 0. The Morgan fingerprint density at radius 2 is 2.44 bits per heavy atom. The van der Waals surface area contributed by atoms with Crippen molar-refractivity contribution in [3.8, 4) is 0 Å². The van der Waals surface area contributed by atoms with Crippen molar-refractivity contribution in [3.63, 3.8) is 0 Å². The number of carboxylic acids is 1. The van der Waals surface area contributed by atoms with Gasteiger partial charge in [0.1, 0.15) is 16.5 Å². The average Bonchev–Trinajstić information content (AvgIpc) is 2.83. The van der Waals surface area contributed by atoms with E-state index < -0.39 is 5.97 Å². The molecule has 84 valence electrons. The van der Waals surface area contributed by atoms with Crippen LogP contribution in [0.15, 0.2) is 22.1 Å². The lowest BCUT2D eigenvalue weighted by Crippen LogP contribution is -2.04. The third-order valence-corrected chi connectivity index (χ3v) is 2.77. The molecule has 5 nitrogen and oxygen atoms in total. The van der Waals surface area contributed by atoms with Crippen LogP contribution in [-0.2, 0) is 6.54 Å². The molecule has 0 aliphatic heterocycles. The molecule has 0 radical (unpaired) electrons. The number of aromatic nitrogens is 1. The highest BCUT2D eigenvalue weighted by molar-refractivity contribution is 7.14. The Labute approximate surface area is 95.7 Å². The van der Waals surface area contributed by atoms with Crippen LogP contribution >= 0.6 is 11.3 Å². The van der Waals surface area contributed by atoms with Gasteiger partial charge in [0.15, 0.2) is 5.69 Å². The topological polar surface area (TPSA) is 75.4 Å². The van der Waals surface area contributed by atoms with Crippen LogP contribution in [0.3, 0.4) is 0 Å². The van der Waals surface area contributed by atoms with Gasteiger partial charge in [0.25, 0.3) is 0 Å². The molecule has 2 rings (SSSR count). The fourth-order valence-electron chi connectivity index (χ4n) is 1.27. The fraction of sp³-hybridized carbons (Fsp3) is 0.200. The van der Waals surface area contributed by atoms with Gasteiger partial charge in [0.05, 0.1) is 12.1 Å². The normalized spacial score (nSPS) is 10.3. The van der Waals surface area contributed by atoms with Gasteiger partial charge in [-0.25, -0.2) is 9.78 Å². The Kier molecular flexibility index (Phi) is 2.91. The average molecular weight is 238 g/mol. The first-order valence-electron chi connectivity index (χ1n) is 4.63. The Bertz CT molecular complexity index is 504. The molecule has 0 saturated carbocycles. The summed E-state index contributed by atoms with van der Waals surface area (Å²) in [6.07, 6.45) is 0. The lowest BCUT2D eigenvalue weighted by Gasteiger charge is -2.01. The van der Waals surface area contributed by atoms with Crippen molar-refractivity contribution >= 4 is 22.3 Å². The summed E-state index contributed by atoms with van der Waals surface area (Å²) >= 11 is 1.26. The Morgan fingerprint density at radius 3 is 3.06 bits per heavy atom. The van der Waals surface area contributed by atoms with E-state index in [2.05, 4.69) is 10.3 Å². The minimum Gasteiger partial charge on any atom is -0.476 e. The number of rotatable bonds is 4. The van der Waals surface area contributed by atoms with E-state index in [0.717, 1.165) is 11.5 Å². The quantitative estimate of drug-likeness (QED) is 0.855. The van der Waals surface area contributed by atoms with Crippen LogP contribution < -0.4 is 5.32 Å². The Hall–Kier alpha value is -1.82. The second-order valence-electron chi connectivity index (χ2n) is 3.20. The molecule has 2 aromatic heterocycles. The number of aryl methyl sites for hydroxylation is 1. The standard InChI is InChI=1S/C10H10N2O3S/c1-6-2-3-7(15-6)4-11-9-8(10(13)14)12-5-16-9/h2-3,5,11H,4H2,1H3,(H,13,14). The molecule has 0 bridgehead atoms. The molecule has 0 unspecified atom stereocenters. The molecule has 0 atom stereocenters. The number of aromatic carboxylic acids is 1. The molecule has 0 aromatic carbocycles. The van der Waals surface area contributed by atoms with E-state index in [9.17, 15) is 4.79 Å². The van der Waals surface area contributed by atoms with Crippen LogP contribution in [0.4, 0.5) is 5.00 Å². The van der Waals surface area contributed by atoms with E-state index in [1.54, 1.807) is 0 Å². The van der Waals surface area contributed by atoms with Gasteiger partial charge in [-0.2, -0.15) is 0 Å². The van der Waals surface area contributed by atoms with Crippen molar-refractivity contribution in [2.45, 2.75) is 13.5 Å². The lowest BCUT2D eigenvalue weighted by atomic mass is 10.4. The summed E-state index contributed by atoms with van der Waals surface area (Å²) in [5.41, 5.74) is 1.55. The van der Waals surface area contributed by atoms with E-state index in [4.69, 9.17) is 9.52 Å². The minimum absolute atomic E-state index is 0.0493. The van der Waals surface area contributed by atoms with Crippen molar-refractivity contribution in [1.29, 1.82) is 0 Å². The lowest BCUT2D eigenvalue weighted by molar-refractivity contribution is 0.0692. The summed E-state index contributed by atoms with van der Waals surface area (Å²) in [5, 5.41) is 12.4. The predicted molar refractivity (Wildman–Crippen MR) is 59.8 cm³/mol. The molecule has 0 amide bonds.